The molecule has 0 spiro atoms. The summed E-state index contributed by atoms with van der Waals surface area (Å²) in [6.07, 6.45) is 1.64. The van der Waals surface area contributed by atoms with Crippen LogP contribution in [-0.4, -0.2) is 39.1 Å². The highest BCUT2D eigenvalue weighted by molar-refractivity contribution is 6.11. The predicted octanol–water partition coefficient (Wildman–Crippen LogP) is 3.92. The third kappa shape index (κ3) is 4.22. The van der Waals surface area contributed by atoms with Gasteiger partial charge in [0.1, 0.15) is 0 Å². The van der Waals surface area contributed by atoms with Crippen molar-refractivity contribution in [1.82, 2.24) is 0 Å². The van der Waals surface area contributed by atoms with Gasteiger partial charge in [-0.1, -0.05) is 0 Å². The van der Waals surface area contributed by atoms with Crippen LogP contribution < -0.4 is 18.9 Å². The number of carbonyl (C=O) groups excluding carboxylic acids is 1. The van der Waals surface area contributed by atoms with E-state index >= 15 is 0 Å². The Balaban J connectivity index is 2.44. The van der Waals surface area contributed by atoms with Crippen molar-refractivity contribution in [3.63, 3.8) is 0 Å². The van der Waals surface area contributed by atoms with Gasteiger partial charge in [0.05, 0.1) is 33.4 Å². The normalized spacial score (nSPS) is 11.0. The van der Waals surface area contributed by atoms with Crippen molar-refractivity contribution < 1.29 is 28.7 Å². The van der Waals surface area contributed by atoms with Crippen LogP contribution in [0.2, 0.25) is 0 Å². The molecule has 0 N–H and O–H groups in total. The molecule has 0 unspecified atom stereocenters. The zero-order valence-electron chi connectivity index (χ0n) is 16.3. The molecule has 28 heavy (non-hydrogen) atoms. The summed E-state index contributed by atoms with van der Waals surface area (Å²) in [7, 11) is 5.83. The molecule has 0 saturated heterocycles. The minimum atomic E-state index is -0.589. The number of hydrogen-bond acceptors (Lipinski definition) is 7. The van der Waals surface area contributed by atoms with Gasteiger partial charge in [-0.2, -0.15) is 0 Å². The van der Waals surface area contributed by atoms with E-state index < -0.39 is 4.92 Å². The number of allylic oxidation sites excluding steroid dienone is 1. The van der Waals surface area contributed by atoms with E-state index in [0.29, 0.717) is 28.4 Å². The summed E-state index contributed by atoms with van der Waals surface area (Å²) in [5.74, 6) is 1.09. The molecule has 0 radical (unpaired) electrons. The first-order chi connectivity index (χ1) is 13.4. The number of nitro benzene ring substituents is 1. The maximum absolute atomic E-state index is 12.7. The molecular weight excluding hydrogens is 366 g/mol. The number of rotatable bonds is 8. The molecule has 0 heterocycles. The Labute approximate surface area is 162 Å². The Morgan fingerprint density at radius 3 is 1.96 bits per heavy atom. The molecule has 0 aliphatic heterocycles. The van der Waals surface area contributed by atoms with E-state index in [-0.39, 0.29) is 22.8 Å². The second-order valence-electron chi connectivity index (χ2n) is 5.76. The van der Waals surface area contributed by atoms with Crippen LogP contribution in [-0.2, 0) is 0 Å². The number of carbonyl (C=O) groups is 1. The second kappa shape index (κ2) is 8.90. The first-order valence-electron chi connectivity index (χ1n) is 8.21. The fourth-order valence-corrected chi connectivity index (χ4v) is 2.70. The quantitative estimate of drug-likeness (QED) is 0.293. The van der Waals surface area contributed by atoms with Gasteiger partial charge in [-0.15, -0.1) is 0 Å². The van der Waals surface area contributed by atoms with Gasteiger partial charge in [-0.05, 0) is 48.4 Å². The molecular formula is C20H21NO7. The number of Topliss-reactive ketones (excluding diaryl/α,β-unsaturated/α-hetero) is 1. The van der Waals surface area contributed by atoms with Gasteiger partial charge < -0.3 is 18.9 Å². The van der Waals surface area contributed by atoms with Crippen LogP contribution in [0.5, 0.6) is 23.0 Å². The molecule has 0 aromatic heterocycles. The molecule has 2 aromatic rings. The van der Waals surface area contributed by atoms with Crippen molar-refractivity contribution in [3.8, 4) is 23.0 Å². The smallest absolute Gasteiger partial charge is 0.311 e. The average Bonchev–Trinajstić information content (AvgIpc) is 2.71. The summed E-state index contributed by atoms with van der Waals surface area (Å²) in [5.41, 5.74) is 0.958. The maximum Gasteiger partial charge on any atom is 0.311 e. The fraction of sp³-hybridized carbons (Fsp3) is 0.250. The summed E-state index contributed by atoms with van der Waals surface area (Å²) in [4.78, 5) is 23.3. The highest BCUT2D eigenvalue weighted by Crippen LogP contribution is 2.39. The van der Waals surface area contributed by atoms with Crippen LogP contribution in [0, 0.1) is 10.1 Å². The van der Waals surface area contributed by atoms with Crippen molar-refractivity contribution >= 4 is 17.5 Å². The van der Waals surface area contributed by atoms with Crippen molar-refractivity contribution in [2.45, 2.75) is 6.92 Å². The van der Waals surface area contributed by atoms with E-state index in [1.165, 1.54) is 46.6 Å². The summed E-state index contributed by atoms with van der Waals surface area (Å²) in [5, 5.41) is 11.2. The highest BCUT2D eigenvalue weighted by atomic mass is 16.6. The second-order valence-corrected chi connectivity index (χ2v) is 5.76. The molecule has 2 aromatic carbocycles. The lowest BCUT2D eigenvalue weighted by Gasteiger charge is -2.13. The van der Waals surface area contributed by atoms with Crippen LogP contribution >= 0.6 is 0 Å². The van der Waals surface area contributed by atoms with Crippen LogP contribution in [0.25, 0.3) is 6.08 Å². The van der Waals surface area contributed by atoms with Crippen LogP contribution in [0.1, 0.15) is 22.8 Å². The lowest BCUT2D eigenvalue weighted by Crippen LogP contribution is -2.03. The molecule has 0 aliphatic rings. The van der Waals surface area contributed by atoms with Crippen LogP contribution in [0.4, 0.5) is 5.69 Å². The molecule has 2 rings (SSSR count). The molecule has 0 fully saturated rings. The minimum Gasteiger partial charge on any atom is -0.493 e. The summed E-state index contributed by atoms with van der Waals surface area (Å²) in [6, 6.07) is 7.50. The Morgan fingerprint density at radius 2 is 1.50 bits per heavy atom. The van der Waals surface area contributed by atoms with Crippen molar-refractivity contribution in [2.24, 2.45) is 0 Å². The maximum atomic E-state index is 12.7. The van der Waals surface area contributed by atoms with Gasteiger partial charge in [0.25, 0.3) is 0 Å². The van der Waals surface area contributed by atoms with E-state index in [4.69, 9.17) is 18.9 Å². The van der Waals surface area contributed by atoms with Crippen molar-refractivity contribution in [2.75, 3.05) is 28.4 Å². The van der Waals surface area contributed by atoms with E-state index in [2.05, 4.69) is 0 Å². The number of hydrogen-bond donors (Lipinski definition) is 0. The first-order valence-corrected chi connectivity index (χ1v) is 8.21. The lowest BCUT2D eigenvalue weighted by atomic mass is 10.0. The van der Waals surface area contributed by atoms with E-state index in [1.54, 1.807) is 25.1 Å². The first kappa shape index (κ1) is 20.8. The number of ketones is 1. The molecule has 0 bridgehead atoms. The third-order valence-corrected chi connectivity index (χ3v) is 4.07. The van der Waals surface area contributed by atoms with E-state index in [9.17, 15) is 14.9 Å². The molecule has 8 nitrogen and oxygen atoms in total. The number of methoxy groups -OCH3 is 4. The predicted molar refractivity (Wildman–Crippen MR) is 104 cm³/mol. The van der Waals surface area contributed by atoms with Gasteiger partial charge in [-0.3, -0.25) is 14.9 Å². The van der Waals surface area contributed by atoms with Gasteiger partial charge in [0.2, 0.25) is 5.75 Å². The standard InChI is InChI=1S/C20H21NO7/c1-12(8-13-9-17(26-3)20(28-5)18(10-13)27-4)19(22)14-6-7-16(25-2)15(11-14)21(23)24/h6-11H,1-5H3. The molecule has 0 atom stereocenters. The van der Waals surface area contributed by atoms with Crippen LogP contribution in [0.3, 0.4) is 0 Å². The van der Waals surface area contributed by atoms with E-state index in [0.717, 1.165) is 0 Å². The van der Waals surface area contributed by atoms with Gasteiger partial charge in [-0.25, -0.2) is 0 Å². The average molecular weight is 387 g/mol. The molecule has 0 saturated carbocycles. The Bertz CT molecular complexity index is 909. The molecule has 8 heteroatoms. The molecule has 148 valence electrons. The Kier molecular flexibility index (Phi) is 6.59. The minimum absolute atomic E-state index is 0.0906. The molecule has 0 aliphatic carbocycles. The highest BCUT2D eigenvalue weighted by Gasteiger charge is 2.19. The fourth-order valence-electron chi connectivity index (χ4n) is 2.70. The lowest BCUT2D eigenvalue weighted by molar-refractivity contribution is -0.385. The monoisotopic (exact) mass is 387 g/mol. The number of nitro groups is 1. The van der Waals surface area contributed by atoms with Crippen molar-refractivity contribution in [1.29, 1.82) is 0 Å². The summed E-state index contributed by atoms with van der Waals surface area (Å²) >= 11 is 0. The van der Waals surface area contributed by atoms with Gasteiger partial charge >= 0.3 is 5.69 Å². The SMILES string of the molecule is COc1ccc(C(=O)C(C)=Cc2cc(OC)c(OC)c(OC)c2)cc1[N+](=O)[O-]. The Morgan fingerprint density at radius 1 is 0.929 bits per heavy atom. The zero-order chi connectivity index (χ0) is 20.8. The topological polar surface area (TPSA) is 97.1 Å². The molecule has 0 amide bonds. The Hall–Kier alpha value is -3.55. The number of nitrogens with zero attached hydrogens (tertiary/aromatic N) is 1. The van der Waals surface area contributed by atoms with Crippen LogP contribution in [0.15, 0.2) is 35.9 Å². The third-order valence-electron chi connectivity index (χ3n) is 4.07. The number of benzene rings is 2. The summed E-state index contributed by atoms with van der Waals surface area (Å²) in [6.45, 7) is 1.63. The van der Waals surface area contributed by atoms with Crippen molar-refractivity contribution in [3.05, 3.63) is 57.1 Å². The summed E-state index contributed by atoms with van der Waals surface area (Å²) < 4.78 is 20.9. The van der Waals surface area contributed by atoms with Gasteiger partial charge in [0, 0.05) is 11.6 Å². The zero-order valence-corrected chi connectivity index (χ0v) is 16.3. The van der Waals surface area contributed by atoms with Gasteiger partial charge in [0.15, 0.2) is 23.0 Å². The number of ether oxygens (including phenoxy) is 4. The largest absolute Gasteiger partial charge is 0.493 e. The van der Waals surface area contributed by atoms with E-state index in [1.807, 2.05) is 0 Å².